The lowest BCUT2D eigenvalue weighted by atomic mass is 10.1. The fourth-order valence-corrected chi connectivity index (χ4v) is 2.25. The van der Waals surface area contributed by atoms with Crippen LogP contribution in [0.15, 0.2) is 53.0 Å². The van der Waals surface area contributed by atoms with Gasteiger partial charge < -0.3 is 5.32 Å². The average Bonchev–Trinajstić information content (AvgIpc) is 2.44. The third kappa shape index (κ3) is 3.92. The number of rotatable bonds is 4. The minimum absolute atomic E-state index is 0.0638. The van der Waals surface area contributed by atoms with Crippen molar-refractivity contribution in [2.45, 2.75) is 0 Å². The Balaban J connectivity index is 1.98. The molecule has 0 bridgehead atoms. The molecule has 0 aliphatic heterocycles. The zero-order chi connectivity index (χ0) is 14.5. The molecule has 0 atom stereocenters. The highest BCUT2D eigenvalue weighted by atomic mass is 79.9. The van der Waals surface area contributed by atoms with Gasteiger partial charge in [-0.3, -0.25) is 9.59 Å². The van der Waals surface area contributed by atoms with Crippen LogP contribution < -0.4 is 5.32 Å². The quantitative estimate of drug-likeness (QED) is 0.853. The zero-order valence-corrected chi connectivity index (χ0v) is 12.7. The Morgan fingerprint density at radius 1 is 1.05 bits per heavy atom. The van der Waals surface area contributed by atoms with Gasteiger partial charge in [0.1, 0.15) is 0 Å². The highest BCUT2D eigenvalue weighted by Crippen LogP contribution is 2.12. The van der Waals surface area contributed by atoms with Crippen molar-refractivity contribution >= 4 is 39.2 Å². The smallest absolute Gasteiger partial charge is 0.251 e. The highest BCUT2D eigenvalue weighted by Gasteiger charge is 2.10. The molecule has 0 aliphatic rings. The summed E-state index contributed by atoms with van der Waals surface area (Å²) in [6.45, 7) is -0.0638. The minimum atomic E-state index is -0.290. The Morgan fingerprint density at radius 3 is 2.45 bits per heavy atom. The van der Waals surface area contributed by atoms with E-state index in [-0.39, 0.29) is 18.2 Å². The first-order valence-electron chi connectivity index (χ1n) is 5.89. The molecule has 3 nitrogen and oxygen atoms in total. The van der Waals surface area contributed by atoms with Crippen LogP contribution in [-0.4, -0.2) is 18.2 Å². The zero-order valence-electron chi connectivity index (χ0n) is 10.4. The summed E-state index contributed by atoms with van der Waals surface area (Å²) >= 11 is 9.11. The van der Waals surface area contributed by atoms with Gasteiger partial charge in [0.25, 0.3) is 5.91 Å². The average molecular weight is 353 g/mol. The van der Waals surface area contributed by atoms with E-state index in [1.165, 1.54) is 0 Å². The van der Waals surface area contributed by atoms with Crippen molar-refractivity contribution < 1.29 is 9.59 Å². The van der Waals surface area contributed by atoms with Crippen LogP contribution in [0, 0.1) is 0 Å². The Bertz CT molecular complexity index is 600. The molecule has 0 radical (unpaired) electrons. The molecule has 2 aromatic carbocycles. The van der Waals surface area contributed by atoms with E-state index in [2.05, 4.69) is 21.2 Å². The molecule has 1 amide bonds. The maximum atomic E-state index is 11.9. The summed E-state index contributed by atoms with van der Waals surface area (Å²) in [5.41, 5.74) is 0.977. The second kappa shape index (κ2) is 6.68. The van der Waals surface area contributed by atoms with Gasteiger partial charge in [-0.15, -0.1) is 0 Å². The largest absolute Gasteiger partial charge is 0.345 e. The van der Waals surface area contributed by atoms with Crippen molar-refractivity contribution in [3.63, 3.8) is 0 Å². The molecule has 102 valence electrons. The normalized spacial score (nSPS) is 10.1. The summed E-state index contributed by atoms with van der Waals surface area (Å²) in [4.78, 5) is 23.8. The Hall–Kier alpha value is -1.65. The molecular formula is C15H11BrClNO2. The number of carbonyl (C=O) groups excluding carboxylic acids is 2. The number of hydrogen-bond donors (Lipinski definition) is 1. The molecule has 0 heterocycles. The van der Waals surface area contributed by atoms with Gasteiger partial charge in [0.05, 0.1) is 6.54 Å². The van der Waals surface area contributed by atoms with E-state index in [1.807, 2.05) is 6.07 Å². The van der Waals surface area contributed by atoms with E-state index in [9.17, 15) is 9.59 Å². The van der Waals surface area contributed by atoms with Crippen molar-refractivity contribution in [1.29, 1.82) is 0 Å². The van der Waals surface area contributed by atoms with Gasteiger partial charge in [-0.1, -0.05) is 45.7 Å². The van der Waals surface area contributed by atoms with Crippen molar-refractivity contribution in [1.82, 2.24) is 5.32 Å². The number of Topliss-reactive ketones (excluding diaryl/α,β-unsaturated/α-hetero) is 1. The molecule has 0 saturated heterocycles. The standard InChI is InChI=1S/C15H11BrClNO2/c16-12-5-1-4-11(7-12)15(20)18-9-14(19)10-3-2-6-13(17)8-10/h1-8H,9H2,(H,18,20). The van der Waals surface area contributed by atoms with Gasteiger partial charge in [-0.05, 0) is 30.3 Å². The fraction of sp³-hybridized carbons (Fsp3) is 0.0667. The summed E-state index contributed by atoms with van der Waals surface area (Å²) in [5, 5.41) is 3.09. The van der Waals surface area contributed by atoms with E-state index < -0.39 is 0 Å². The molecule has 2 rings (SSSR count). The number of halogens is 2. The van der Waals surface area contributed by atoms with Crippen LogP contribution in [-0.2, 0) is 0 Å². The van der Waals surface area contributed by atoms with Crippen molar-refractivity contribution in [2.24, 2.45) is 0 Å². The number of amides is 1. The molecule has 0 fully saturated rings. The summed E-state index contributed by atoms with van der Waals surface area (Å²) in [5.74, 6) is -0.475. The molecular weight excluding hydrogens is 342 g/mol. The SMILES string of the molecule is O=C(CNC(=O)c1cccc(Br)c1)c1cccc(Cl)c1. The summed E-state index contributed by atoms with van der Waals surface area (Å²) in [7, 11) is 0. The third-order valence-corrected chi connectivity index (χ3v) is 3.37. The lowest BCUT2D eigenvalue weighted by molar-refractivity contribution is 0.0904. The topological polar surface area (TPSA) is 46.2 Å². The van der Waals surface area contributed by atoms with E-state index in [1.54, 1.807) is 42.5 Å². The predicted molar refractivity (Wildman–Crippen MR) is 82.3 cm³/mol. The maximum absolute atomic E-state index is 11.9. The van der Waals surface area contributed by atoms with Gasteiger partial charge in [0.15, 0.2) is 5.78 Å². The monoisotopic (exact) mass is 351 g/mol. The van der Waals surface area contributed by atoms with Gasteiger partial charge in [0, 0.05) is 20.6 Å². The highest BCUT2D eigenvalue weighted by molar-refractivity contribution is 9.10. The molecule has 0 saturated carbocycles. The molecule has 0 aliphatic carbocycles. The fourth-order valence-electron chi connectivity index (χ4n) is 1.66. The first-order chi connectivity index (χ1) is 9.56. The molecule has 0 spiro atoms. The van der Waals surface area contributed by atoms with Crippen molar-refractivity contribution in [3.05, 3.63) is 69.2 Å². The molecule has 2 aromatic rings. The second-order valence-corrected chi connectivity index (χ2v) is 5.48. The van der Waals surface area contributed by atoms with Crippen LogP contribution >= 0.6 is 27.5 Å². The van der Waals surface area contributed by atoms with Crippen LogP contribution in [0.4, 0.5) is 0 Å². The van der Waals surface area contributed by atoms with Crippen LogP contribution in [0.2, 0.25) is 5.02 Å². The molecule has 20 heavy (non-hydrogen) atoms. The van der Waals surface area contributed by atoms with Crippen LogP contribution in [0.3, 0.4) is 0 Å². The second-order valence-electron chi connectivity index (χ2n) is 4.13. The van der Waals surface area contributed by atoms with Gasteiger partial charge in [-0.25, -0.2) is 0 Å². The number of hydrogen-bond acceptors (Lipinski definition) is 2. The lowest BCUT2D eigenvalue weighted by Crippen LogP contribution is -2.29. The van der Waals surface area contributed by atoms with Crippen LogP contribution in [0.5, 0.6) is 0 Å². The lowest BCUT2D eigenvalue weighted by Gasteiger charge is -2.05. The molecule has 0 aromatic heterocycles. The number of carbonyl (C=O) groups is 2. The Morgan fingerprint density at radius 2 is 1.75 bits per heavy atom. The van der Waals surface area contributed by atoms with E-state index >= 15 is 0 Å². The van der Waals surface area contributed by atoms with E-state index in [0.29, 0.717) is 16.1 Å². The summed E-state index contributed by atoms with van der Waals surface area (Å²) in [6, 6.07) is 13.6. The Kier molecular flexibility index (Phi) is 4.93. The van der Waals surface area contributed by atoms with Crippen LogP contribution in [0.25, 0.3) is 0 Å². The molecule has 1 N–H and O–H groups in total. The summed E-state index contributed by atoms with van der Waals surface area (Å²) < 4.78 is 0.811. The third-order valence-electron chi connectivity index (χ3n) is 2.64. The van der Waals surface area contributed by atoms with Gasteiger partial charge in [-0.2, -0.15) is 0 Å². The Labute approximate surface area is 130 Å². The van der Waals surface area contributed by atoms with Gasteiger partial charge in [0.2, 0.25) is 0 Å². The van der Waals surface area contributed by atoms with Gasteiger partial charge >= 0.3 is 0 Å². The number of ketones is 1. The molecule has 0 unspecified atom stereocenters. The number of nitrogens with one attached hydrogen (secondary N) is 1. The summed E-state index contributed by atoms with van der Waals surface area (Å²) in [6.07, 6.45) is 0. The van der Waals surface area contributed by atoms with Crippen LogP contribution in [0.1, 0.15) is 20.7 Å². The number of benzene rings is 2. The van der Waals surface area contributed by atoms with E-state index in [4.69, 9.17) is 11.6 Å². The van der Waals surface area contributed by atoms with Crippen molar-refractivity contribution in [2.75, 3.05) is 6.54 Å². The maximum Gasteiger partial charge on any atom is 0.251 e. The minimum Gasteiger partial charge on any atom is -0.345 e. The van der Waals surface area contributed by atoms with E-state index in [0.717, 1.165) is 4.47 Å². The first-order valence-corrected chi connectivity index (χ1v) is 7.06. The first kappa shape index (κ1) is 14.8. The van der Waals surface area contributed by atoms with Crippen molar-refractivity contribution in [3.8, 4) is 0 Å². The predicted octanol–water partition coefficient (Wildman–Crippen LogP) is 3.72. The molecule has 5 heteroatoms.